The summed E-state index contributed by atoms with van der Waals surface area (Å²) in [5.74, 6) is -0.905. The molecular formula is C13H10BrFN2O2S2. The molecule has 0 saturated heterocycles. The molecule has 110 valence electrons. The van der Waals surface area contributed by atoms with Crippen molar-refractivity contribution >= 4 is 50.8 Å². The van der Waals surface area contributed by atoms with E-state index in [-0.39, 0.29) is 23.4 Å². The molecule has 0 unspecified atom stereocenters. The standard InChI is InChI=1S/C13H10BrFN2O2S2/c14-11-6-5-10(21-11)13(19)17-16-12(18)7-20-9-3-1-8(15)2-4-9/h1-6H,7H2,(H,16,18)(H,17,19). The van der Waals surface area contributed by atoms with Crippen LogP contribution in [-0.4, -0.2) is 17.6 Å². The summed E-state index contributed by atoms with van der Waals surface area (Å²) in [6, 6.07) is 9.26. The van der Waals surface area contributed by atoms with Crippen LogP contribution in [0.1, 0.15) is 9.67 Å². The van der Waals surface area contributed by atoms with Crippen LogP contribution in [0, 0.1) is 5.82 Å². The van der Waals surface area contributed by atoms with Crippen LogP contribution in [-0.2, 0) is 4.79 Å². The average molecular weight is 389 g/mol. The quantitative estimate of drug-likeness (QED) is 0.624. The Hall–Kier alpha value is -1.38. The Kier molecular flexibility index (Phi) is 5.77. The number of amides is 2. The molecule has 0 fully saturated rings. The summed E-state index contributed by atoms with van der Waals surface area (Å²) in [5, 5.41) is 0. The zero-order valence-electron chi connectivity index (χ0n) is 10.6. The van der Waals surface area contributed by atoms with E-state index in [9.17, 15) is 14.0 Å². The predicted molar refractivity (Wildman–Crippen MR) is 84.8 cm³/mol. The van der Waals surface area contributed by atoms with Gasteiger partial charge in [0.1, 0.15) is 5.82 Å². The van der Waals surface area contributed by atoms with Crippen molar-refractivity contribution in [3.63, 3.8) is 0 Å². The van der Waals surface area contributed by atoms with Gasteiger partial charge < -0.3 is 0 Å². The zero-order chi connectivity index (χ0) is 15.2. The van der Waals surface area contributed by atoms with Gasteiger partial charge in [-0.05, 0) is 52.3 Å². The Morgan fingerprint density at radius 3 is 2.48 bits per heavy atom. The monoisotopic (exact) mass is 388 g/mol. The second-order valence-electron chi connectivity index (χ2n) is 3.85. The maximum atomic E-state index is 12.7. The van der Waals surface area contributed by atoms with Crippen LogP contribution < -0.4 is 10.9 Å². The second kappa shape index (κ2) is 7.58. The Morgan fingerprint density at radius 2 is 1.86 bits per heavy atom. The first kappa shape index (κ1) is 16.0. The van der Waals surface area contributed by atoms with E-state index < -0.39 is 0 Å². The van der Waals surface area contributed by atoms with Gasteiger partial charge in [0.15, 0.2) is 0 Å². The van der Waals surface area contributed by atoms with Crippen LogP contribution in [0.15, 0.2) is 45.1 Å². The molecule has 2 aromatic rings. The molecule has 1 aromatic carbocycles. The molecule has 0 bridgehead atoms. The minimum Gasteiger partial charge on any atom is -0.272 e. The number of hydrogen-bond donors (Lipinski definition) is 2. The normalized spacial score (nSPS) is 10.2. The van der Waals surface area contributed by atoms with Crippen molar-refractivity contribution in [1.82, 2.24) is 10.9 Å². The van der Waals surface area contributed by atoms with Gasteiger partial charge >= 0.3 is 0 Å². The number of hydrazine groups is 1. The molecule has 0 aliphatic heterocycles. The first-order valence-electron chi connectivity index (χ1n) is 5.77. The van der Waals surface area contributed by atoms with Gasteiger partial charge in [0.05, 0.1) is 14.4 Å². The first-order valence-corrected chi connectivity index (χ1v) is 8.37. The Labute approximate surface area is 137 Å². The minimum atomic E-state index is -0.370. The molecule has 0 radical (unpaired) electrons. The number of hydrogen-bond acceptors (Lipinski definition) is 4. The SMILES string of the molecule is O=C(CSc1ccc(F)cc1)NNC(=O)c1ccc(Br)s1. The topological polar surface area (TPSA) is 58.2 Å². The van der Waals surface area contributed by atoms with Gasteiger partial charge in [-0.2, -0.15) is 0 Å². The summed E-state index contributed by atoms with van der Waals surface area (Å²) in [6.45, 7) is 0. The first-order chi connectivity index (χ1) is 10.0. The molecule has 0 aliphatic carbocycles. The van der Waals surface area contributed by atoms with Crippen molar-refractivity contribution in [1.29, 1.82) is 0 Å². The van der Waals surface area contributed by atoms with Crippen molar-refractivity contribution < 1.29 is 14.0 Å². The maximum absolute atomic E-state index is 12.7. The summed E-state index contributed by atoms with van der Waals surface area (Å²) in [7, 11) is 0. The molecule has 2 N–H and O–H groups in total. The van der Waals surface area contributed by atoms with Crippen LogP contribution >= 0.6 is 39.0 Å². The number of thiophene rings is 1. The van der Waals surface area contributed by atoms with Gasteiger partial charge in [0.25, 0.3) is 5.91 Å². The lowest BCUT2D eigenvalue weighted by Gasteiger charge is -2.06. The summed E-state index contributed by atoms with van der Waals surface area (Å²) < 4.78 is 13.6. The number of thioether (sulfide) groups is 1. The van der Waals surface area contributed by atoms with E-state index in [0.717, 1.165) is 8.68 Å². The fraction of sp³-hybridized carbons (Fsp3) is 0.0769. The van der Waals surface area contributed by atoms with E-state index in [2.05, 4.69) is 26.8 Å². The van der Waals surface area contributed by atoms with Gasteiger partial charge in [0, 0.05) is 4.90 Å². The van der Waals surface area contributed by atoms with Crippen molar-refractivity contribution in [2.24, 2.45) is 0 Å². The van der Waals surface area contributed by atoms with Crippen LogP contribution in [0.5, 0.6) is 0 Å². The molecular weight excluding hydrogens is 379 g/mol. The molecule has 1 aromatic heterocycles. The Bertz CT molecular complexity index is 646. The molecule has 21 heavy (non-hydrogen) atoms. The third-order valence-electron chi connectivity index (χ3n) is 2.30. The molecule has 0 spiro atoms. The van der Waals surface area contributed by atoms with Gasteiger partial charge in [-0.15, -0.1) is 23.1 Å². The number of carbonyl (C=O) groups is 2. The third-order valence-corrected chi connectivity index (χ3v) is 4.93. The van der Waals surface area contributed by atoms with Crippen LogP contribution in [0.4, 0.5) is 4.39 Å². The fourth-order valence-corrected chi connectivity index (χ4v) is 3.32. The van der Waals surface area contributed by atoms with E-state index in [0.29, 0.717) is 4.88 Å². The molecule has 1 heterocycles. The molecule has 8 heteroatoms. The van der Waals surface area contributed by atoms with Crippen molar-refractivity contribution in [3.8, 4) is 0 Å². The highest BCUT2D eigenvalue weighted by atomic mass is 79.9. The van der Waals surface area contributed by atoms with Gasteiger partial charge in [0.2, 0.25) is 5.91 Å². The smallest absolute Gasteiger partial charge is 0.272 e. The molecule has 0 atom stereocenters. The number of nitrogens with one attached hydrogen (secondary N) is 2. The Morgan fingerprint density at radius 1 is 1.14 bits per heavy atom. The van der Waals surface area contributed by atoms with Crippen LogP contribution in [0.25, 0.3) is 0 Å². The lowest BCUT2D eigenvalue weighted by Crippen LogP contribution is -2.42. The van der Waals surface area contributed by atoms with Gasteiger partial charge in [-0.1, -0.05) is 0 Å². The molecule has 2 amide bonds. The predicted octanol–water partition coefficient (Wildman–Crippen LogP) is 3.20. The van der Waals surface area contributed by atoms with E-state index >= 15 is 0 Å². The second-order valence-corrected chi connectivity index (χ2v) is 7.36. The third kappa shape index (κ3) is 5.14. The molecule has 2 rings (SSSR count). The van der Waals surface area contributed by atoms with Crippen molar-refractivity contribution in [3.05, 3.63) is 50.9 Å². The number of halogens is 2. The van der Waals surface area contributed by atoms with Gasteiger partial charge in [-0.3, -0.25) is 20.4 Å². The van der Waals surface area contributed by atoms with E-state index in [1.54, 1.807) is 24.3 Å². The summed E-state index contributed by atoms with van der Waals surface area (Å²) in [6.07, 6.45) is 0. The highest BCUT2D eigenvalue weighted by molar-refractivity contribution is 9.11. The largest absolute Gasteiger partial charge is 0.279 e. The van der Waals surface area contributed by atoms with E-state index in [1.807, 2.05) is 0 Å². The van der Waals surface area contributed by atoms with Crippen molar-refractivity contribution in [2.45, 2.75) is 4.90 Å². The van der Waals surface area contributed by atoms with Crippen LogP contribution in [0.2, 0.25) is 0 Å². The van der Waals surface area contributed by atoms with E-state index in [4.69, 9.17) is 0 Å². The zero-order valence-corrected chi connectivity index (χ0v) is 13.8. The van der Waals surface area contributed by atoms with Crippen LogP contribution in [0.3, 0.4) is 0 Å². The molecule has 0 aliphatic rings. The number of carbonyl (C=O) groups excluding carboxylic acids is 2. The van der Waals surface area contributed by atoms with E-state index in [1.165, 1.54) is 35.2 Å². The minimum absolute atomic E-state index is 0.125. The summed E-state index contributed by atoms with van der Waals surface area (Å²) in [4.78, 5) is 24.6. The highest BCUT2D eigenvalue weighted by Gasteiger charge is 2.09. The average Bonchev–Trinajstić information content (AvgIpc) is 2.91. The lowest BCUT2D eigenvalue weighted by molar-refractivity contribution is -0.119. The van der Waals surface area contributed by atoms with Gasteiger partial charge in [-0.25, -0.2) is 4.39 Å². The Balaban J connectivity index is 1.74. The maximum Gasteiger partial charge on any atom is 0.279 e. The van der Waals surface area contributed by atoms with Crippen molar-refractivity contribution in [2.75, 3.05) is 5.75 Å². The summed E-state index contributed by atoms with van der Waals surface area (Å²) >= 11 is 5.78. The lowest BCUT2D eigenvalue weighted by atomic mass is 10.4. The molecule has 0 saturated carbocycles. The highest BCUT2D eigenvalue weighted by Crippen LogP contribution is 2.21. The number of rotatable bonds is 4. The summed E-state index contributed by atoms with van der Waals surface area (Å²) in [5.41, 5.74) is 4.66. The fourth-order valence-electron chi connectivity index (χ4n) is 1.34. The molecule has 4 nitrogen and oxygen atoms in total. The number of benzene rings is 1.